The Hall–Kier alpha value is -3.79. The lowest BCUT2D eigenvalue weighted by Gasteiger charge is -2.23. The number of H-pyrrole nitrogens is 1. The van der Waals surface area contributed by atoms with Gasteiger partial charge in [0.05, 0.1) is 18.4 Å². The first-order valence-electron chi connectivity index (χ1n) is 9.70. The molecule has 3 N–H and O–H groups in total. The van der Waals surface area contributed by atoms with Crippen molar-refractivity contribution in [2.24, 2.45) is 0 Å². The van der Waals surface area contributed by atoms with E-state index in [1.165, 1.54) is 18.9 Å². The van der Waals surface area contributed by atoms with Crippen molar-refractivity contribution in [1.82, 2.24) is 10.1 Å². The van der Waals surface area contributed by atoms with E-state index in [2.05, 4.69) is 22.0 Å². The summed E-state index contributed by atoms with van der Waals surface area (Å²) in [5, 5.41) is 17.5. The van der Waals surface area contributed by atoms with Crippen molar-refractivity contribution < 1.29 is 24.1 Å². The number of aliphatic carboxylic acids is 1. The van der Waals surface area contributed by atoms with Gasteiger partial charge in [-0.3, -0.25) is 9.78 Å². The Balaban J connectivity index is 1.82. The fourth-order valence-electron chi connectivity index (χ4n) is 3.43. The molecule has 0 unspecified atom stereocenters. The predicted octanol–water partition coefficient (Wildman–Crippen LogP) is 2.45. The highest BCUT2D eigenvalue weighted by Crippen LogP contribution is 2.35. The van der Waals surface area contributed by atoms with Crippen LogP contribution >= 0.6 is 11.8 Å². The standard InChI is InChI=1S/C22H20N4O5S/c1-3-10-32-22-24-21(29)19-14-6-4-5-7-15(14)23-20(26(19)25-22)13-8-9-16(17(11-13)30-2)31-12-18(27)28/h3-9,11,20H,1,10,12H2,2H3,(H2,24,25,27,28,29)/p+1/t20-/m0/s1. The quantitative estimate of drug-likeness (QED) is 0.271. The predicted molar refractivity (Wildman–Crippen MR) is 119 cm³/mol. The normalized spacial score (nSPS) is 14.0. The summed E-state index contributed by atoms with van der Waals surface area (Å²) >= 11 is 1.37. The summed E-state index contributed by atoms with van der Waals surface area (Å²) in [7, 11) is 1.48. The van der Waals surface area contributed by atoms with Crippen molar-refractivity contribution in [2.45, 2.75) is 11.3 Å². The van der Waals surface area contributed by atoms with Gasteiger partial charge in [-0.05, 0) is 35.0 Å². The zero-order valence-electron chi connectivity index (χ0n) is 17.2. The van der Waals surface area contributed by atoms with Crippen molar-refractivity contribution in [2.75, 3.05) is 24.8 Å². The summed E-state index contributed by atoms with van der Waals surface area (Å²) in [5.74, 6) is 0.193. The molecule has 9 nitrogen and oxygen atoms in total. The van der Waals surface area contributed by atoms with Crippen LogP contribution in [0.5, 0.6) is 11.5 Å². The van der Waals surface area contributed by atoms with Crippen molar-refractivity contribution >= 4 is 23.4 Å². The van der Waals surface area contributed by atoms with Crippen molar-refractivity contribution in [3.63, 3.8) is 0 Å². The van der Waals surface area contributed by atoms with Crippen LogP contribution in [0.2, 0.25) is 0 Å². The first-order chi connectivity index (χ1) is 15.5. The second-order valence-electron chi connectivity index (χ2n) is 6.84. The molecule has 0 amide bonds. The second kappa shape index (κ2) is 9.15. The van der Waals surface area contributed by atoms with Gasteiger partial charge >= 0.3 is 17.2 Å². The number of para-hydroxylation sites is 1. The molecule has 3 aromatic rings. The van der Waals surface area contributed by atoms with Gasteiger partial charge in [0.1, 0.15) is 0 Å². The van der Waals surface area contributed by atoms with Gasteiger partial charge in [-0.2, -0.15) is 0 Å². The number of ether oxygens (including phenoxy) is 2. The first-order valence-corrected chi connectivity index (χ1v) is 10.7. The topological polar surface area (TPSA) is 117 Å². The molecule has 1 aliphatic heterocycles. The number of nitrogens with zero attached hydrogens (tertiary/aromatic N) is 2. The molecule has 2 aromatic carbocycles. The summed E-state index contributed by atoms with van der Waals surface area (Å²) in [6.45, 7) is 3.23. The van der Waals surface area contributed by atoms with Gasteiger partial charge in [-0.15, -0.1) is 6.58 Å². The zero-order chi connectivity index (χ0) is 22.7. The first kappa shape index (κ1) is 21.4. The van der Waals surface area contributed by atoms with Crippen LogP contribution in [-0.4, -0.2) is 40.6 Å². The van der Waals surface area contributed by atoms with Gasteiger partial charge in [0, 0.05) is 16.4 Å². The fraction of sp³-hybridized carbons (Fsp3) is 0.182. The zero-order valence-corrected chi connectivity index (χ0v) is 18.0. The molecule has 10 heteroatoms. The third-order valence-corrected chi connectivity index (χ3v) is 5.63. The van der Waals surface area contributed by atoms with E-state index in [1.807, 2.05) is 24.3 Å². The van der Waals surface area contributed by atoms with E-state index in [1.54, 1.807) is 29.0 Å². The highest BCUT2D eigenvalue weighted by atomic mass is 32.2. The van der Waals surface area contributed by atoms with Gasteiger partial charge in [0.25, 0.3) is 6.17 Å². The van der Waals surface area contributed by atoms with Gasteiger partial charge in [0.15, 0.2) is 18.1 Å². The van der Waals surface area contributed by atoms with Crippen LogP contribution in [-0.2, 0) is 4.79 Å². The van der Waals surface area contributed by atoms with Crippen LogP contribution in [0.1, 0.15) is 11.7 Å². The molecule has 4 rings (SSSR count). The van der Waals surface area contributed by atoms with E-state index in [9.17, 15) is 9.59 Å². The number of nitrogens with one attached hydrogen (secondary N) is 2. The van der Waals surface area contributed by atoms with Gasteiger partial charge in [-0.25, -0.2) is 4.79 Å². The molecule has 0 fully saturated rings. The largest absolute Gasteiger partial charge is 0.493 e. The third kappa shape index (κ3) is 4.17. The summed E-state index contributed by atoms with van der Waals surface area (Å²) < 4.78 is 12.4. The molecule has 0 saturated carbocycles. The van der Waals surface area contributed by atoms with Crippen molar-refractivity contribution in [1.29, 1.82) is 0 Å². The molecule has 1 aliphatic rings. The molecule has 0 aliphatic carbocycles. The van der Waals surface area contributed by atoms with Gasteiger partial charge in [0.2, 0.25) is 5.16 Å². The average molecular weight is 454 g/mol. The van der Waals surface area contributed by atoms with Crippen LogP contribution in [0.4, 0.5) is 5.69 Å². The molecule has 1 atom stereocenters. The van der Waals surface area contributed by atoms with Gasteiger partial charge < -0.3 is 19.9 Å². The van der Waals surface area contributed by atoms with E-state index in [0.717, 1.165) is 16.8 Å². The van der Waals surface area contributed by atoms with Crippen molar-refractivity contribution in [3.8, 4) is 22.8 Å². The van der Waals surface area contributed by atoms with Crippen LogP contribution in [0, 0.1) is 0 Å². The number of hydrogen-bond acceptors (Lipinski definition) is 7. The number of benzene rings is 2. The van der Waals surface area contributed by atoms with E-state index >= 15 is 0 Å². The number of carbonyl (C=O) groups is 1. The Kier molecular flexibility index (Phi) is 6.13. The van der Waals surface area contributed by atoms with E-state index < -0.39 is 18.7 Å². The number of rotatable bonds is 8. The number of methoxy groups -OCH3 is 1. The number of hydrogen-bond donors (Lipinski definition) is 3. The Morgan fingerprint density at radius 2 is 2.12 bits per heavy atom. The highest BCUT2D eigenvalue weighted by Gasteiger charge is 2.38. The maximum Gasteiger partial charge on any atom is 0.341 e. The van der Waals surface area contributed by atoms with Crippen LogP contribution < -0.4 is 25.0 Å². The van der Waals surface area contributed by atoms with Crippen LogP contribution in [0.15, 0.2) is 65.1 Å². The Bertz CT molecular complexity index is 1240. The number of thioether (sulfide) groups is 1. The van der Waals surface area contributed by atoms with E-state index in [0.29, 0.717) is 28.1 Å². The molecule has 0 saturated heterocycles. The molecule has 32 heavy (non-hydrogen) atoms. The van der Waals surface area contributed by atoms with Crippen molar-refractivity contribution in [3.05, 3.63) is 71.0 Å². The molecule has 0 radical (unpaired) electrons. The Labute approximate surface area is 187 Å². The number of fused-ring (bicyclic) bond motifs is 3. The van der Waals surface area contributed by atoms with Crippen LogP contribution in [0.25, 0.3) is 11.3 Å². The molecule has 2 heterocycles. The Morgan fingerprint density at radius 1 is 1.31 bits per heavy atom. The molecule has 164 valence electrons. The van der Waals surface area contributed by atoms with Crippen LogP contribution in [0.3, 0.4) is 0 Å². The maximum absolute atomic E-state index is 13.0. The molecule has 0 bridgehead atoms. The second-order valence-corrected chi connectivity index (χ2v) is 7.85. The van der Waals surface area contributed by atoms with E-state index in [-0.39, 0.29) is 5.56 Å². The Morgan fingerprint density at radius 3 is 2.88 bits per heavy atom. The van der Waals surface area contributed by atoms with E-state index in [4.69, 9.17) is 14.6 Å². The average Bonchev–Trinajstić information content (AvgIpc) is 2.80. The molecular weight excluding hydrogens is 432 g/mol. The highest BCUT2D eigenvalue weighted by molar-refractivity contribution is 7.99. The minimum Gasteiger partial charge on any atom is -0.493 e. The molecule has 0 spiro atoms. The molecule has 1 aromatic heterocycles. The molecular formula is C22H21N4O5S+. The summed E-state index contributed by atoms with van der Waals surface area (Å²) in [4.78, 5) is 26.7. The number of anilines is 1. The number of carboxylic acid groups (broad SMARTS) is 1. The smallest absolute Gasteiger partial charge is 0.341 e. The number of aromatic nitrogens is 3. The lowest BCUT2D eigenvalue weighted by Crippen LogP contribution is -2.55. The number of aromatic amines is 1. The number of carboxylic acids is 1. The summed E-state index contributed by atoms with van der Waals surface area (Å²) in [6, 6.07) is 12.7. The lowest BCUT2D eigenvalue weighted by molar-refractivity contribution is -0.759. The SMILES string of the molecule is C=CCSc1n[n+]2c(c(=O)[nH]1)-c1ccccc1N[C@@H]2c1ccc(OCC(=O)O)c(OC)c1. The minimum absolute atomic E-state index is 0.251. The van der Waals surface area contributed by atoms with Gasteiger partial charge in [-0.1, -0.05) is 30.0 Å². The lowest BCUT2D eigenvalue weighted by atomic mass is 10.0. The third-order valence-electron chi connectivity index (χ3n) is 4.77. The summed E-state index contributed by atoms with van der Waals surface area (Å²) in [6.07, 6.45) is 1.23. The summed E-state index contributed by atoms with van der Waals surface area (Å²) in [5.41, 5.74) is 2.46. The monoisotopic (exact) mass is 453 g/mol. The minimum atomic E-state index is -1.08. The maximum atomic E-state index is 13.0. The fourth-order valence-corrected chi connectivity index (χ4v) is 4.02.